The summed E-state index contributed by atoms with van der Waals surface area (Å²) in [5, 5.41) is 0. The van der Waals surface area contributed by atoms with Gasteiger partial charge in [-0.3, -0.25) is 4.98 Å². The van der Waals surface area contributed by atoms with Crippen molar-refractivity contribution in [3.63, 3.8) is 0 Å². The van der Waals surface area contributed by atoms with E-state index < -0.39 is 0 Å². The summed E-state index contributed by atoms with van der Waals surface area (Å²) >= 11 is 0. The van der Waals surface area contributed by atoms with Crippen LogP contribution >= 0.6 is 0 Å². The molecule has 1 aromatic heterocycles. The van der Waals surface area contributed by atoms with Gasteiger partial charge in [-0.15, -0.1) is 0 Å². The molecule has 2 N–H and O–H groups in total. The first kappa shape index (κ1) is 8.84. The second kappa shape index (κ2) is 3.01. The molecule has 1 aromatic rings. The second-order valence-corrected chi connectivity index (χ2v) is 3.63. The van der Waals surface area contributed by atoms with Crippen LogP contribution in [0.2, 0.25) is 0 Å². The smallest absolute Gasteiger partial charge is 0.161 e. The van der Waals surface area contributed by atoms with Crippen LogP contribution in [0.25, 0.3) is 0 Å². The van der Waals surface area contributed by atoms with Crippen LogP contribution < -0.4 is 10.5 Å². The molecule has 0 radical (unpaired) electrons. The molecule has 0 aliphatic rings. The maximum atomic E-state index is 5.66. The highest BCUT2D eigenvalue weighted by Crippen LogP contribution is 2.23. The first-order valence-corrected chi connectivity index (χ1v) is 3.87. The van der Waals surface area contributed by atoms with Crippen LogP contribution in [0.1, 0.15) is 20.8 Å². The summed E-state index contributed by atoms with van der Waals surface area (Å²) in [6.07, 6.45) is 3.27. The number of aromatic nitrogens is 1. The molecule has 0 fully saturated rings. The van der Waals surface area contributed by atoms with Gasteiger partial charge in [-0.2, -0.15) is 0 Å². The number of rotatable bonds is 1. The minimum atomic E-state index is -0.225. The van der Waals surface area contributed by atoms with Crippen molar-refractivity contribution < 1.29 is 4.74 Å². The summed E-state index contributed by atoms with van der Waals surface area (Å²) in [5.74, 6) is 0.644. The third kappa shape index (κ3) is 2.42. The van der Waals surface area contributed by atoms with E-state index in [1.807, 2.05) is 20.8 Å². The Morgan fingerprint density at radius 3 is 2.58 bits per heavy atom. The highest BCUT2D eigenvalue weighted by atomic mass is 16.5. The van der Waals surface area contributed by atoms with E-state index >= 15 is 0 Å². The van der Waals surface area contributed by atoms with Gasteiger partial charge in [0.05, 0.1) is 11.9 Å². The lowest BCUT2D eigenvalue weighted by molar-refractivity contribution is 0.131. The molecule has 3 nitrogen and oxygen atoms in total. The van der Waals surface area contributed by atoms with Crippen molar-refractivity contribution in [3.8, 4) is 5.75 Å². The highest BCUT2D eigenvalue weighted by molar-refractivity contribution is 5.50. The fourth-order valence-electron chi connectivity index (χ4n) is 0.806. The normalized spacial score (nSPS) is 11.2. The van der Waals surface area contributed by atoms with Gasteiger partial charge < -0.3 is 10.5 Å². The van der Waals surface area contributed by atoms with Gasteiger partial charge in [0.1, 0.15) is 5.60 Å². The van der Waals surface area contributed by atoms with E-state index in [9.17, 15) is 0 Å². The van der Waals surface area contributed by atoms with Crippen LogP contribution in [0.5, 0.6) is 5.75 Å². The Labute approximate surface area is 72.6 Å². The zero-order chi connectivity index (χ0) is 9.19. The van der Waals surface area contributed by atoms with Crippen molar-refractivity contribution >= 4 is 5.69 Å². The molecule has 0 spiro atoms. The zero-order valence-corrected chi connectivity index (χ0v) is 7.66. The Kier molecular flexibility index (Phi) is 2.22. The number of hydrogen-bond acceptors (Lipinski definition) is 3. The van der Waals surface area contributed by atoms with Crippen LogP contribution in [-0.2, 0) is 0 Å². The molecular formula is C9H14N2O. The molecule has 0 aliphatic heterocycles. The lowest BCUT2D eigenvalue weighted by atomic mass is 10.2. The van der Waals surface area contributed by atoms with Crippen molar-refractivity contribution in [2.75, 3.05) is 5.73 Å². The average molecular weight is 166 g/mol. The Hall–Kier alpha value is -1.25. The topological polar surface area (TPSA) is 48.1 Å². The number of nitrogens with two attached hydrogens (primary N) is 1. The predicted octanol–water partition coefficient (Wildman–Crippen LogP) is 1.84. The number of anilines is 1. The molecule has 0 saturated heterocycles. The maximum absolute atomic E-state index is 5.66. The largest absolute Gasteiger partial charge is 0.484 e. The standard InChI is InChI=1S/C9H14N2O/c1-9(2,3)12-8-6-11-5-4-7(8)10/h4-6H,1-3H3,(H2,10,11). The van der Waals surface area contributed by atoms with Gasteiger partial charge in [0.2, 0.25) is 0 Å². The molecule has 0 saturated carbocycles. The molecule has 0 aliphatic carbocycles. The van der Waals surface area contributed by atoms with Gasteiger partial charge in [0, 0.05) is 6.20 Å². The Bertz CT molecular complexity index is 265. The second-order valence-electron chi connectivity index (χ2n) is 3.63. The monoisotopic (exact) mass is 166 g/mol. The number of nitrogens with zero attached hydrogens (tertiary/aromatic N) is 1. The molecule has 1 heterocycles. The van der Waals surface area contributed by atoms with Crippen molar-refractivity contribution in [1.29, 1.82) is 0 Å². The van der Waals surface area contributed by atoms with Crippen LogP contribution in [0.3, 0.4) is 0 Å². The molecule has 0 aromatic carbocycles. The molecule has 1 rings (SSSR count). The first-order chi connectivity index (χ1) is 5.49. The summed E-state index contributed by atoms with van der Waals surface area (Å²) < 4.78 is 5.54. The van der Waals surface area contributed by atoms with E-state index in [0.29, 0.717) is 11.4 Å². The van der Waals surface area contributed by atoms with Gasteiger partial charge in [0.25, 0.3) is 0 Å². The van der Waals surface area contributed by atoms with Crippen LogP contribution in [0, 0.1) is 0 Å². The third-order valence-electron chi connectivity index (χ3n) is 1.23. The van der Waals surface area contributed by atoms with Crippen LogP contribution in [0.15, 0.2) is 18.5 Å². The molecular weight excluding hydrogens is 152 g/mol. The molecule has 0 atom stereocenters. The van der Waals surface area contributed by atoms with E-state index in [0.717, 1.165) is 0 Å². The minimum Gasteiger partial charge on any atom is -0.484 e. The van der Waals surface area contributed by atoms with Gasteiger partial charge >= 0.3 is 0 Å². The summed E-state index contributed by atoms with van der Waals surface area (Å²) in [5.41, 5.74) is 6.06. The zero-order valence-electron chi connectivity index (χ0n) is 7.66. The summed E-state index contributed by atoms with van der Waals surface area (Å²) in [6, 6.07) is 1.72. The summed E-state index contributed by atoms with van der Waals surface area (Å²) in [4.78, 5) is 3.92. The number of hydrogen-bond donors (Lipinski definition) is 1. The third-order valence-corrected chi connectivity index (χ3v) is 1.23. The van der Waals surface area contributed by atoms with Gasteiger partial charge in [-0.25, -0.2) is 0 Å². The Morgan fingerprint density at radius 1 is 1.42 bits per heavy atom. The van der Waals surface area contributed by atoms with E-state index in [2.05, 4.69) is 4.98 Å². The van der Waals surface area contributed by atoms with Crippen molar-refractivity contribution in [2.45, 2.75) is 26.4 Å². The fraction of sp³-hybridized carbons (Fsp3) is 0.444. The summed E-state index contributed by atoms with van der Waals surface area (Å²) in [7, 11) is 0. The van der Waals surface area contributed by atoms with Crippen molar-refractivity contribution in [3.05, 3.63) is 18.5 Å². The molecule has 3 heteroatoms. The molecule has 12 heavy (non-hydrogen) atoms. The van der Waals surface area contributed by atoms with E-state index in [1.54, 1.807) is 18.5 Å². The van der Waals surface area contributed by atoms with Gasteiger partial charge in [-0.05, 0) is 26.8 Å². The highest BCUT2D eigenvalue weighted by Gasteiger charge is 2.13. The predicted molar refractivity (Wildman–Crippen MR) is 49.0 cm³/mol. The van der Waals surface area contributed by atoms with Gasteiger partial charge in [-0.1, -0.05) is 0 Å². The first-order valence-electron chi connectivity index (χ1n) is 3.87. The van der Waals surface area contributed by atoms with Crippen molar-refractivity contribution in [2.24, 2.45) is 0 Å². The molecule has 0 bridgehead atoms. The molecule has 0 unspecified atom stereocenters. The lowest BCUT2D eigenvalue weighted by Gasteiger charge is -2.21. The average Bonchev–Trinajstić information content (AvgIpc) is 1.91. The van der Waals surface area contributed by atoms with Crippen molar-refractivity contribution in [1.82, 2.24) is 4.98 Å². The lowest BCUT2D eigenvalue weighted by Crippen LogP contribution is -2.23. The summed E-state index contributed by atoms with van der Waals surface area (Å²) in [6.45, 7) is 5.92. The SMILES string of the molecule is CC(C)(C)Oc1cnccc1N. The van der Waals surface area contributed by atoms with E-state index in [-0.39, 0.29) is 5.60 Å². The molecule has 66 valence electrons. The van der Waals surface area contributed by atoms with Crippen LogP contribution in [0.4, 0.5) is 5.69 Å². The van der Waals surface area contributed by atoms with E-state index in [4.69, 9.17) is 10.5 Å². The maximum Gasteiger partial charge on any atom is 0.161 e. The van der Waals surface area contributed by atoms with Crippen LogP contribution in [-0.4, -0.2) is 10.6 Å². The Balaban J connectivity index is 2.83. The number of nitrogen functional groups attached to an aromatic ring is 1. The molecule has 0 amide bonds. The fourth-order valence-corrected chi connectivity index (χ4v) is 0.806. The quantitative estimate of drug-likeness (QED) is 0.692. The minimum absolute atomic E-state index is 0.225. The number of ether oxygens (including phenoxy) is 1. The Morgan fingerprint density at radius 2 is 2.08 bits per heavy atom. The number of pyridine rings is 1. The van der Waals surface area contributed by atoms with E-state index in [1.165, 1.54) is 0 Å². The van der Waals surface area contributed by atoms with Gasteiger partial charge in [0.15, 0.2) is 5.75 Å².